The largest absolute Gasteiger partial charge is 0.497 e. The molecule has 3 aromatic heterocycles. The number of aromatic amines is 1. The Morgan fingerprint density at radius 2 is 2.06 bits per heavy atom. The summed E-state index contributed by atoms with van der Waals surface area (Å²) in [5.74, 6) is 1.56. The highest BCUT2D eigenvalue weighted by atomic mass is 32.1. The molecular weight excluding hydrogens is 412 g/mol. The van der Waals surface area contributed by atoms with Crippen LogP contribution in [0.15, 0.2) is 70.6 Å². The van der Waals surface area contributed by atoms with Gasteiger partial charge >= 0.3 is 0 Å². The van der Waals surface area contributed by atoms with Crippen molar-refractivity contribution in [3.63, 3.8) is 0 Å². The second kappa shape index (κ2) is 8.08. The number of nitrogens with one attached hydrogen (secondary N) is 2. The molecule has 0 aliphatic heterocycles. The number of para-hydroxylation sites is 1. The van der Waals surface area contributed by atoms with E-state index in [1.807, 2.05) is 66.0 Å². The third kappa shape index (κ3) is 3.93. The lowest BCUT2D eigenvalue weighted by Gasteiger charge is -2.09. The number of carbonyl (C=O) groups excluding carboxylic acids is 1. The van der Waals surface area contributed by atoms with Gasteiger partial charge in [-0.3, -0.25) is 4.79 Å². The monoisotopic (exact) mass is 430 g/mol. The zero-order valence-corrected chi connectivity index (χ0v) is 17.4. The summed E-state index contributed by atoms with van der Waals surface area (Å²) in [7, 11) is 1.61. The Balaban J connectivity index is 1.36. The fraction of sp³-hybridized carbons (Fsp3) is 0.0870. The van der Waals surface area contributed by atoms with Gasteiger partial charge in [-0.05, 0) is 41.3 Å². The average Bonchev–Trinajstić information content (AvgIpc) is 3.54. The zero-order valence-electron chi connectivity index (χ0n) is 16.6. The Morgan fingerprint density at radius 3 is 2.90 bits per heavy atom. The number of H-pyrrole nitrogens is 1. The van der Waals surface area contributed by atoms with Crippen LogP contribution in [0.2, 0.25) is 0 Å². The number of nitrogens with zero attached hydrogens (tertiary/aromatic N) is 2. The molecule has 0 saturated carbocycles. The van der Waals surface area contributed by atoms with E-state index in [2.05, 4.69) is 20.4 Å². The number of fused-ring (bicyclic) bond motifs is 1. The van der Waals surface area contributed by atoms with Crippen LogP contribution in [-0.2, 0) is 6.42 Å². The van der Waals surface area contributed by atoms with Gasteiger partial charge in [0, 0.05) is 22.7 Å². The molecule has 0 aliphatic rings. The van der Waals surface area contributed by atoms with E-state index in [1.165, 1.54) is 0 Å². The second-order valence-electron chi connectivity index (χ2n) is 6.91. The summed E-state index contributed by atoms with van der Waals surface area (Å²) in [6.45, 7) is 0. The Labute approximate surface area is 181 Å². The molecule has 154 valence electrons. The standard InChI is InChI=1S/C23H18N4O3S/c1-29-16-9-8-15-11-19(24-18(15)13-16)23(28)25-17-6-3-2-5-14(17)12-21-26-22(27-30-21)20-7-4-10-31-20/h2-11,13,24H,12H2,1H3,(H,25,28). The predicted octanol–water partition coefficient (Wildman–Crippen LogP) is 5.13. The molecule has 1 amide bonds. The van der Waals surface area contributed by atoms with Crippen LogP contribution in [0.4, 0.5) is 5.69 Å². The van der Waals surface area contributed by atoms with E-state index in [0.717, 1.165) is 27.1 Å². The van der Waals surface area contributed by atoms with E-state index in [4.69, 9.17) is 9.26 Å². The molecule has 0 spiro atoms. The van der Waals surface area contributed by atoms with Gasteiger partial charge in [0.2, 0.25) is 11.7 Å². The number of hydrogen-bond acceptors (Lipinski definition) is 6. The molecule has 5 rings (SSSR count). The summed E-state index contributed by atoms with van der Waals surface area (Å²) >= 11 is 1.56. The molecule has 0 atom stereocenters. The Morgan fingerprint density at radius 1 is 1.16 bits per heavy atom. The summed E-state index contributed by atoms with van der Waals surface area (Å²) in [6.07, 6.45) is 0.415. The minimum absolute atomic E-state index is 0.229. The fourth-order valence-electron chi connectivity index (χ4n) is 3.34. The lowest BCUT2D eigenvalue weighted by molar-refractivity contribution is 0.102. The van der Waals surface area contributed by atoms with Gasteiger partial charge in [-0.1, -0.05) is 29.4 Å². The molecule has 0 unspecified atom stereocenters. The number of thiophene rings is 1. The fourth-order valence-corrected chi connectivity index (χ4v) is 3.99. The first-order chi connectivity index (χ1) is 15.2. The number of hydrogen-bond donors (Lipinski definition) is 2. The van der Waals surface area contributed by atoms with E-state index >= 15 is 0 Å². The number of ether oxygens (including phenoxy) is 1. The number of benzene rings is 2. The van der Waals surface area contributed by atoms with Crippen molar-refractivity contribution >= 4 is 33.8 Å². The van der Waals surface area contributed by atoms with Gasteiger partial charge in [-0.15, -0.1) is 11.3 Å². The van der Waals surface area contributed by atoms with Crippen molar-refractivity contribution in [1.82, 2.24) is 15.1 Å². The molecule has 3 heterocycles. The Hall–Kier alpha value is -3.91. The number of amides is 1. The molecule has 5 aromatic rings. The van der Waals surface area contributed by atoms with Gasteiger partial charge in [0.15, 0.2) is 0 Å². The summed E-state index contributed by atoms with van der Waals surface area (Å²) < 4.78 is 10.7. The molecule has 0 bridgehead atoms. The normalized spacial score (nSPS) is 11.0. The third-order valence-corrected chi connectivity index (χ3v) is 5.76. The topological polar surface area (TPSA) is 93.0 Å². The van der Waals surface area contributed by atoms with Crippen LogP contribution in [0.3, 0.4) is 0 Å². The van der Waals surface area contributed by atoms with Crippen LogP contribution in [0.25, 0.3) is 21.6 Å². The van der Waals surface area contributed by atoms with Crippen molar-refractivity contribution in [2.75, 3.05) is 12.4 Å². The molecule has 0 aliphatic carbocycles. The van der Waals surface area contributed by atoms with Crippen molar-refractivity contribution in [3.05, 3.63) is 83.2 Å². The van der Waals surface area contributed by atoms with Gasteiger partial charge in [0.25, 0.3) is 5.91 Å². The number of rotatable bonds is 6. The van der Waals surface area contributed by atoms with Crippen LogP contribution in [0.1, 0.15) is 21.9 Å². The highest BCUT2D eigenvalue weighted by molar-refractivity contribution is 7.13. The quantitative estimate of drug-likeness (QED) is 0.389. The maximum atomic E-state index is 12.9. The predicted molar refractivity (Wildman–Crippen MR) is 120 cm³/mol. The summed E-state index contributed by atoms with van der Waals surface area (Å²) in [6, 6.07) is 18.9. The number of carbonyl (C=O) groups is 1. The van der Waals surface area contributed by atoms with Gasteiger partial charge in [0.05, 0.1) is 18.4 Å². The summed E-state index contributed by atoms with van der Waals surface area (Å²) in [4.78, 5) is 21.4. The van der Waals surface area contributed by atoms with E-state index in [9.17, 15) is 4.79 Å². The third-order valence-electron chi connectivity index (χ3n) is 4.89. The van der Waals surface area contributed by atoms with Gasteiger partial charge in [-0.25, -0.2) is 0 Å². The van der Waals surface area contributed by atoms with E-state index in [1.54, 1.807) is 18.4 Å². The number of aromatic nitrogens is 3. The second-order valence-corrected chi connectivity index (χ2v) is 7.86. The van der Waals surface area contributed by atoms with Gasteiger partial charge < -0.3 is 19.6 Å². The molecule has 2 aromatic carbocycles. The van der Waals surface area contributed by atoms with Crippen molar-refractivity contribution in [2.24, 2.45) is 0 Å². The van der Waals surface area contributed by atoms with Crippen LogP contribution >= 0.6 is 11.3 Å². The zero-order chi connectivity index (χ0) is 21.2. The number of anilines is 1. The van der Waals surface area contributed by atoms with Crippen LogP contribution in [-0.4, -0.2) is 28.1 Å². The van der Waals surface area contributed by atoms with Crippen molar-refractivity contribution < 1.29 is 14.1 Å². The van der Waals surface area contributed by atoms with E-state index in [0.29, 0.717) is 29.5 Å². The smallest absolute Gasteiger partial charge is 0.272 e. The SMILES string of the molecule is COc1ccc2cc(C(=O)Nc3ccccc3Cc3nc(-c4cccs4)no3)[nH]c2c1. The van der Waals surface area contributed by atoms with Crippen molar-refractivity contribution in [3.8, 4) is 16.5 Å². The van der Waals surface area contributed by atoms with Gasteiger partial charge in [0.1, 0.15) is 11.4 Å². The van der Waals surface area contributed by atoms with Crippen LogP contribution < -0.4 is 10.1 Å². The van der Waals surface area contributed by atoms with Crippen molar-refractivity contribution in [2.45, 2.75) is 6.42 Å². The minimum atomic E-state index is -0.229. The van der Waals surface area contributed by atoms with Crippen molar-refractivity contribution in [1.29, 1.82) is 0 Å². The minimum Gasteiger partial charge on any atom is -0.497 e. The maximum Gasteiger partial charge on any atom is 0.272 e. The Kier molecular flexibility index (Phi) is 4.97. The van der Waals surface area contributed by atoms with Gasteiger partial charge in [-0.2, -0.15) is 4.98 Å². The van der Waals surface area contributed by atoms with E-state index in [-0.39, 0.29) is 5.91 Å². The van der Waals surface area contributed by atoms with E-state index < -0.39 is 0 Å². The molecule has 31 heavy (non-hydrogen) atoms. The first kappa shape index (κ1) is 19.1. The first-order valence-corrected chi connectivity index (χ1v) is 10.5. The molecule has 7 nitrogen and oxygen atoms in total. The molecule has 0 radical (unpaired) electrons. The van der Waals surface area contributed by atoms with Crippen LogP contribution in [0, 0.1) is 0 Å². The lowest BCUT2D eigenvalue weighted by atomic mass is 10.1. The average molecular weight is 430 g/mol. The maximum absolute atomic E-state index is 12.9. The molecular formula is C23H18N4O3S. The summed E-state index contributed by atoms with van der Waals surface area (Å²) in [5.41, 5.74) is 2.88. The lowest BCUT2D eigenvalue weighted by Crippen LogP contribution is -2.13. The summed E-state index contributed by atoms with van der Waals surface area (Å²) in [5, 5.41) is 9.94. The molecule has 0 fully saturated rings. The molecule has 2 N–H and O–H groups in total. The number of methoxy groups -OCH3 is 1. The van der Waals surface area contributed by atoms with Crippen LogP contribution in [0.5, 0.6) is 5.75 Å². The highest BCUT2D eigenvalue weighted by Gasteiger charge is 2.15. The first-order valence-electron chi connectivity index (χ1n) is 9.62. The Bertz CT molecular complexity index is 1350. The molecule has 8 heteroatoms. The highest BCUT2D eigenvalue weighted by Crippen LogP contribution is 2.25. The molecule has 0 saturated heterocycles.